The van der Waals surface area contributed by atoms with Crippen LogP contribution in [0.3, 0.4) is 0 Å². The first-order valence-corrected chi connectivity index (χ1v) is 6.67. The molecule has 3 nitrogen and oxygen atoms in total. The lowest BCUT2D eigenvalue weighted by Crippen LogP contribution is -2.29. The minimum Gasteiger partial charge on any atom is -0.494 e. The van der Waals surface area contributed by atoms with Crippen LogP contribution in [0.4, 0.5) is 4.39 Å². The molecule has 0 heterocycles. The quantitative estimate of drug-likeness (QED) is 0.656. The molecular formula is C15H16ClFN2O. The van der Waals surface area contributed by atoms with E-state index in [1.54, 1.807) is 6.07 Å². The van der Waals surface area contributed by atoms with E-state index in [9.17, 15) is 4.39 Å². The molecule has 0 aromatic heterocycles. The van der Waals surface area contributed by atoms with E-state index in [4.69, 9.17) is 22.2 Å². The third-order valence-electron chi connectivity index (χ3n) is 2.96. The van der Waals surface area contributed by atoms with Gasteiger partial charge in [0.25, 0.3) is 0 Å². The maximum Gasteiger partial charge on any atom is 0.128 e. The van der Waals surface area contributed by atoms with Crippen molar-refractivity contribution in [2.75, 3.05) is 6.61 Å². The van der Waals surface area contributed by atoms with Crippen LogP contribution in [0.1, 0.15) is 24.1 Å². The largest absolute Gasteiger partial charge is 0.494 e. The van der Waals surface area contributed by atoms with E-state index in [2.05, 4.69) is 5.43 Å². The lowest BCUT2D eigenvalue weighted by atomic mass is 9.99. The number of hydrazine groups is 1. The zero-order valence-electron chi connectivity index (χ0n) is 11.1. The molecule has 0 amide bonds. The van der Waals surface area contributed by atoms with E-state index in [0.29, 0.717) is 17.2 Å². The van der Waals surface area contributed by atoms with Gasteiger partial charge >= 0.3 is 0 Å². The first kappa shape index (κ1) is 14.8. The maximum atomic E-state index is 13.9. The number of rotatable bonds is 5. The van der Waals surface area contributed by atoms with Crippen molar-refractivity contribution in [2.24, 2.45) is 5.84 Å². The summed E-state index contributed by atoms with van der Waals surface area (Å²) in [4.78, 5) is 0. The molecule has 0 aliphatic carbocycles. The first-order chi connectivity index (χ1) is 9.65. The van der Waals surface area contributed by atoms with Gasteiger partial charge in [-0.1, -0.05) is 23.7 Å². The molecule has 0 aliphatic heterocycles. The van der Waals surface area contributed by atoms with Gasteiger partial charge in [-0.2, -0.15) is 0 Å². The topological polar surface area (TPSA) is 47.3 Å². The molecule has 0 saturated carbocycles. The first-order valence-electron chi connectivity index (χ1n) is 6.29. The van der Waals surface area contributed by atoms with Crippen LogP contribution in [-0.4, -0.2) is 6.61 Å². The van der Waals surface area contributed by atoms with Crippen LogP contribution < -0.4 is 16.0 Å². The molecule has 2 aromatic rings. The highest BCUT2D eigenvalue weighted by Gasteiger charge is 2.17. The zero-order chi connectivity index (χ0) is 14.5. The van der Waals surface area contributed by atoms with Crippen LogP contribution in [-0.2, 0) is 0 Å². The summed E-state index contributed by atoms with van der Waals surface area (Å²) >= 11 is 5.92. The predicted octanol–water partition coefficient (Wildman–Crippen LogP) is 3.43. The van der Waals surface area contributed by atoms with Gasteiger partial charge in [-0.3, -0.25) is 5.84 Å². The summed E-state index contributed by atoms with van der Waals surface area (Å²) in [6, 6.07) is 11.3. The number of hydrogen-bond donors (Lipinski definition) is 2. The number of nitrogens with one attached hydrogen (secondary N) is 1. The molecule has 3 N–H and O–H groups in total. The van der Waals surface area contributed by atoms with Gasteiger partial charge in [0.2, 0.25) is 0 Å². The van der Waals surface area contributed by atoms with Crippen molar-refractivity contribution in [3.05, 3.63) is 64.4 Å². The summed E-state index contributed by atoms with van der Waals surface area (Å²) in [5.41, 5.74) is 3.85. The van der Waals surface area contributed by atoms with Gasteiger partial charge in [0.1, 0.15) is 11.6 Å². The van der Waals surface area contributed by atoms with Gasteiger partial charge in [0.05, 0.1) is 12.6 Å². The molecule has 2 rings (SSSR count). The number of halogens is 2. The summed E-state index contributed by atoms with van der Waals surface area (Å²) in [5.74, 6) is 5.97. The predicted molar refractivity (Wildman–Crippen MR) is 78.2 cm³/mol. The van der Waals surface area contributed by atoms with Gasteiger partial charge in [-0.05, 0) is 42.8 Å². The second-order valence-electron chi connectivity index (χ2n) is 4.27. The molecule has 20 heavy (non-hydrogen) atoms. The summed E-state index contributed by atoms with van der Waals surface area (Å²) in [6.45, 7) is 2.51. The van der Waals surface area contributed by atoms with Crippen LogP contribution >= 0.6 is 11.6 Å². The summed E-state index contributed by atoms with van der Waals surface area (Å²) < 4.78 is 19.3. The van der Waals surface area contributed by atoms with Gasteiger partial charge in [0.15, 0.2) is 0 Å². The van der Waals surface area contributed by atoms with Crippen molar-refractivity contribution in [3.63, 3.8) is 0 Å². The zero-order valence-corrected chi connectivity index (χ0v) is 11.8. The Balaban J connectivity index is 2.34. The average Bonchev–Trinajstić information content (AvgIpc) is 2.45. The van der Waals surface area contributed by atoms with Crippen LogP contribution in [0.5, 0.6) is 5.75 Å². The van der Waals surface area contributed by atoms with E-state index in [-0.39, 0.29) is 5.82 Å². The number of benzene rings is 2. The smallest absolute Gasteiger partial charge is 0.128 e. The van der Waals surface area contributed by atoms with Crippen LogP contribution in [0.25, 0.3) is 0 Å². The molecule has 0 fully saturated rings. The highest BCUT2D eigenvalue weighted by atomic mass is 35.5. The Bertz CT molecular complexity index is 575. The second-order valence-corrected chi connectivity index (χ2v) is 4.70. The van der Waals surface area contributed by atoms with Gasteiger partial charge in [-0.15, -0.1) is 0 Å². The third kappa shape index (κ3) is 3.28. The fourth-order valence-electron chi connectivity index (χ4n) is 2.02. The van der Waals surface area contributed by atoms with Crippen LogP contribution in [0.15, 0.2) is 42.5 Å². The second kappa shape index (κ2) is 6.70. The van der Waals surface area contributed by atoms with Crippen LogP contribution in [0, 0.1) is 5.82 Å². The highest BCUT2D eigenvalue weighted by Crippen LogP contribution is 2.27. The molecule has 0 saturated heterocycles. The Morgan fingerprint density at radius 2 is 1.95 bits per heavy atom. The third-order valence-corrected chi connectivity index (χ3v) is 3.20. The molecule has 5 heteroatoms. The lowest BCUT2D eigenvalue weighted by molar-refractivity contribution is 0.340. The summed E-state index contributed by atoms with van der Waals surface area (Å²) in [5, 5.41) is 0.465. The Hall–Kier alpha value is -1.62. The minimum absolute atomic E-state index is 0.355. The fourth-order valence-corrected chi connectivity index (χ4v) is 2.21. The van der Waals surface area contributed by atoms with Crippen LogP contribution in [0.2, 0.25) is 5.02 Å². The van der Waals surface area contributed by atoms with Crippen molar-refractivity contribution >= 4 is 11.6 Å². The number of hydrogen-bond acceptors (Lipinski definition) is 3. The van der Waals surface area contributed by atoms with Crippen molar-refractivity contribution in [2.45, 2.75) is 13.0 Å². The minimum atomic E-state index is -0.468. The van der Waals surface area contributed by atoms with E-state index in [0.717, 1.165) is 11.3 Å². The van der Waals surface area contributed by atoms with Crippen molar-refractivity contribution < 1.29 is 9.13 Å². The Kier molecular flexibility index (Phi) is 4.95. The number of ether oxygens (including phenoxy) is 1. The molecule has 0 spiro atoms. The van der Waals surface area contributed by atoms with Gasteiger partial charge in [0, 0.05) is 10.6 Å². The average molecular weight is 295 g/mol. The van der Waals surface area contributed by atoms with Crippen molar-refractivity contribution in [3.8, 4) is 5.75 Å². The molecule has 1 unspecified atom stereocenters. The van der Waals surface area contributed by atoms with Gasteiger partial charge in [-0.25, -0.2) is 9.82 Å². The molecule has 106 valence electrons. The normalized spacial score (nSPS) is 12.2. The van der Waals surface area contributed by atoms with E-state index >= 15 is 0 Å². The number of nitrogens with two attached hydrogens (primary N) is 1. The van der Waals surface area contributed by atoms with E-state index in [1.165, 1.54) is 12.1 Å². The SMILES string of the molecule is CCOc1ccc(C(NN)c2cc(Cl)ccc2F)cc1. The van der Waals surface area contributed by atoms with E-state index < -0.39 is 6.04 Å². The Morgan fingerprint density at radius 3 is 2.55 bits per heavy atom. The van der Waals surface area contributed by atoms with E-state index in [1.807, 2.05) is 31.2 Å². The monoisotopic (exact) mass is 294 g/mol. The molecule has 0 aliphatic rings. The van der Waals surface area contributed by atoms with Crippen molar-refractivity contribution in [1.82, 2.24) is 5.43 Å². The Morgan fingerprint density at radius 1 is 1.25 bits per heavy atom. The molecular weight excluding hydrogens is 279 g/mol. The van der Waals surface area contributed by atoms with Gasteiger partial charge < -0.3 is 4.74 Å². The Labute approximate surface area is 122 Å². The fraction of sp³-hybridized carbons (Fsp3) is 0.200. The summed E-state index contributed by atoms with van der Waals surface area (Å²) in [7, 11) is 0. The summed E-state index contributed by atoms with van der Waals surface area (Å²) in [6.07, 6.45) is 0. The highest BCUT2D eigenvalue weighted by molar-refractivity contribution is 6.30. The molecule has 0 radical (unpaired) electrons. The van der Waals surface area contributed by atoms with Crippen molar-refractivity contribution in [1.29, 1.82) is 0 Å². The lowest BCUT2D eigenvalue weighted by Gasteiger charge is -2.18. The maximum absolute atomic E-state index is 13.9. The molecule has 1 atom stereocenters. The standard InChI is InChI=1S/C15H16ClFN2O/c1-2-20-12-6-3-10(4-7-12)15(19-18)13-9-11(16)5-8-14(13)17/h3-9,15,19H,2,18H2,1H3. The molecule has 0 bridgehead atoms. The molecule has 2 aromatic carbocycles.